The Morgan fingerprint density at radius 3 is 2.50 bits per heavy atom. The molecule has 1 atom stereocenters. The zero-order valence-corrected chi connectivity index (χ0v) is 10.9. The molecule has 18 heavy (non-hydrogen) atoms. The Labute approximate surface area is 107 Å². The topological polar surface area (TPSA) is 78.5 Å². The number of nitrogens with one attached hydrogen (secondary N) is 2. The van der Waals surface area contributed by atoms with Crippen LogP contribution in [-0.4, -0.2) is 48.8 Å². The van der Waals surface area contributed by atoms with Crippen LogP contribution in [0.25, 0.3) is 0 Å². The normalized spacial score (nSPS) is 19.0. The van der Waals surface area contributed by atoms with Crippen molar-refractivity contribution in [2.45, 2.75) is 32.7 Å². The molecule has 6 heteroatoms. The van der Waals surface area contributed by atoms with E-state index >= 15 is 0 Å². The molecule has 0 aromatic carbocycles. The average molecular weight is 255 g/mol. The van der Waals surface area contributed by atoms with Gasteiger partial charge < -0.3 is 10.1 Å². The summed E-state index contributed by atoms with van der Waals surface area (Å²) in [6.45, 7) is 5.48. The first-order valence-electron chi connectivity index (χ1n) is 6.36. The van der Waals surface area contributed by atoms with E-state index in [0.717, 1.165) is 19.1 Å². The van der Waals surface area contributed by atoms with Crippen molar-refractivity contribution in [1.82, 2.24) is 15.5 Å². The van der Waals surface area contributed by atoms with Crippen LogP contribution in [-0.2, 0) is 9.59 Å². The minimum Gasteiger partial charge on any atom is -0.338 e. The molecular formula is C12H21N3O3. The molecule has 0 aromatic rings. The zero-order valence-electron chi connectivity index (χ0n) is 10.9. The number of piperidine rings is 1. The second kappa shape index (κ2) is 7.10. The number of aldehydes is 1. The van der Waals surface area contributed by atoms with Crippen LogP contribution in [0.3, 0.4) is 0 Å². The highest BCUT2D eigenvalue weighted by atomic mass is 16.2. The Bertz CT molecular complexity index is 312. The fourth-order valence-corrected chi connectivity index (χ4v) is 2.03. The molecular weight excluding hydrogens is 234 g/mol. The number of likely N-dealkylation sites (tertiary alicyclic amines) is 1. The fourth-order valence-electron chi connectivity index (χ4n) is 2.03. The second-order valence-electron chi connectivity index (χ2n) is 4.53. The van der Waals surface area contributed by atoms with Gasteiger partial charge in [0.15, 0.2) is 0 Å². The molecule has 0 spiro atoms. The van der Waals surface area contributed by atoms with Gasteiger partial charge >= 0.3 is 6.03 Å². The second-order valence-corrected chi connectivity index (χ2v) is 4.53. The third-order valence-electron chi connectivity index (χ3n) is 3.27. The summed E-state index contributed by atoms with van der Waals surface area (Å²) < 4.78 is 0. The lowest BCUT2D eigenvalue weighted by Gasteiger charge is -2.33. The van der Waals surface area contributed by atoms with Gasteiger partial charge in [-0.2, -0.15) is 0 Å². The maximum absolute atomic E-state index is 11.8. The van der Waals surface area contributed by atoms with Gasteiger partial charge in [-0.05, 0) is 39.8 Å². The van der Waals surface area contributed by atoms with Crippen molar-refractivity contribution in [2.24, 2.45) is 5.92 Å². The van der Waals surface area contributed by atoms with Crippen LogP contribution in [0.2, 0.25) is 0 Å². The summed E-state index contributed by atoms with van der Waals surface area (Å²) >= 11 is 0. The van der Waals surface area contributed by atoms with E-state index in [1.807, 2.05) is 4.90 Å². The Morgan fingerprint density at radius 1 is 1.39 bits per heavy atom. The summed E-state index contributed by atoms with van der Waals surface area (Å²) in [5.41, 5.74) is 0. The van der Waals surface area contributed by atoms with Crippen molar-refractivity contribution in [1.29, 1.82) is 0 Å². The quantitative estimate of drug-likeness (QED) is 0.700. The summed E-state index contributed by atoms with van der Waals surface area (Å²) in [5.74, 6) is -0.189. The minimum atomic E-state index is -0.461. The van der Waals surface area contributed by atoms with Gasteiger partial charge in [0.05, 0.1) is 6.04 Å². The summed E-state index contributed by atoms with van der Waals surface area (Å²) in [5, 5.41) is 4.82. The molecule has 1 heterocycles. The van der Waals surface area contributed by atoms with E-state index < -0.39 is 6.03 Å². The third-order valence-corrected chi connectivity index (χ3v) is 3.27. The molecule has 2 N–H and O–H groups in total. The molecule has 6 nitrogen and oxygen atoms in total. The molecule has 0 aromatic heterocycles. The minimum absolute atomic E-state index is 0.111. The van der Waals surface area contributed by atoms with E-state index in [4.69, 9.17) is 0 Å². The monoisotopic (exact) mass is 255 g/mol. The molecule has 1 unspecified atom stereocenters. The maximum atomic E-state index is 11.8. The van der Waals surface area contributed by atoms with Crippen LogP contribution in [0.15, 0.2) is 0 Å². The van der Waals surface area contributed by atoms with Gasteiger partial charge in [-0.1, -0.05) is 0 Å². The largest absolute Gasteiger partial charge is 0.338 e. The lowest BCUT2D eigenvalue weighted by Crippen LogP contribution is -2.51. The number of carbonyl (C=O) groups is 3. The first kappa shape index (κ1) is 14.6. The van der Waals surface area contributed by atoms with Crippen molar-refractivity contribution >= 4 is 18.2 Å². The Balaban J connectivity index is 2.39. The average Bonchev–Trinajstić information content (AvgIpc) is 2.38. The smallest absolute Gasteiger partial charge is 0.321 e. The fraction of sp³-hybridized carbons (Fsp3) is 0.750. The molecule has 3 amide bonds. The maximum Gasteiger partial charge on any atom is 0.321 e. The summed E-state index contributed by atoms with van der Waals surface area (Å²) in [6, 6.07) is -0.808. The summed E-state index contributed by atoms with van der Waals surface area (Å²) in [6.07, 6.45) is 2.54. The van der Waals surface area contributed by atoms with Gasteiger partial charge in [-0.15, -0.1) is 0 Å². The van der Waals surface area contributed by atoms with Crippen molar-refractivity contribution in [3.05, 3.63) is 0 Å². The first-order valence-corrected chi connectivity index (χ1v) is 6.36. The zero-order chi connectivity index (χ0) is 13.5. The highest BCUT2D eigenvalue weighted by molar-refractivity contribution is 5.96. The van der Waals surface area contributed by atoms with Crippen LogP contribution in [0.1, 0.15) is 26.7 Å². The van der Waals surface area contributed by atoms with Gasteiger partial charge in [-0.25, -0.2) is 4.79 Å². The van der Waals surface area contributed by atoms with E-state index in [1.54, 1.807) is 13.8 Å². The highest BCUT2D eigenvalue weighted by Crippen LogP contribution is 2.16. The molecule has 1 saturated heterocycles. The molecule has 1 fully saturated rings. The lowest BCUT2D eigenvalue weighted by atomic mass is 9.97. The van der Waals surface area contributed by atoms with E-state index in [-0.39, 0.29) is 17.9 Å². The molecule has 0 saturated carbocycles. The summed E-state index contributed by atoms with van der Waals surface area (Å²) in [7, 11) is 0. The van der Waals surface area contributed by atoms with Crippen LogP contribution >= 0.6 is 0 Å². The van der Waals surface area contributed by atoms with E-state index in [9.17, 15) is 14.4 Å². The third kappa shape index (κ3) is 4.10. The SMILES string of the molecule is CCNC(=O)NC(=O)C(C)N1CCC(C=O)CC1. The van der Waals surface area contributed by atoms with Gasteiger partial charge in [0.1, 0.15) is 6.29 Å². The van der Waals surface area contributed by atoms with Crippen LogP contribution in [0.4, 0.5) is 4.79 Å². The number of rotatable bonds is 4. The number of imide groups is 1. The summed E-state index contributed by atoms with van der Waals surface area (Å²) in [4.78, 5) is 35.7. The Morgan fingerprint density at radius 2 is 2.00 bits per heavy atom. The molecule has 0 radical (unpaired) electrons. The van der Waals surface area contributed by atoms with Crippen molar-refractivity contribution in [3.8, 4) is 0 Å². The number of carbonyl (C=O) groups excluding carboxylic acids is 3. The molecule has 1 aliphatic rings. The van der Waals surface area contributed by atoms with Crippen LogP contribution in [0.5, 0.6) is 0 Å². The van der Waals surface area contributed by atoms with Crippen LogP contribution in [0, 0.1) is 5.92 Å². The predicted molar refractivity (Wildman–Crippen MR) is 67.0 cm³/mol. The van der Waals surface area contributed by atoms with Crippen molar-refractivity contribution in [2.75, 3.05) is 19.6 Å². The number of nitrogens with zero attached hydrogens (tertiary/aromatic N) is 1. The Kier molecular flexibility index (Phi) is 5.77. The predicted octanol–water partition coefficient (Wildman–Crippen LogP) is 0.132. The lowest BCUT2D eigenvalue weighted by molar-refractivity contribution is -0.125. The van der Waals surface area contributed by atoms with E-state index in [0.29, 0.717) is 19.6 Å². The van der Waals surface area contributed by atoms with Gasteiger partial charge in [-0.3, -0.25) is 15.0 Å². The van der Waals surface area contributed by atoms with Crippen molar-refractivity contribution in [3.63, 3.8) is 0 Å². The molecule has 0 aliphatic carbocycles. The number of hydrogen-bond donors (Lipinski definition) is 2. The molecule has 1 rings (SSSR count). The number of hydrogen-bond acceptors (Lipinski definition) is 4. The molecule has 1 aliphatic heterocycles. The van der Waals surface area contributed by atoms with Gasteiger partial charge in [0, 0.05) is 12.5 Å². The molecule has 0 bridgehead atoms. The van der Waals surface area contributed by atoms with Gasteiger partial charge in [0.2, 0.25) is 5.91 Å². The van der Waals surface area contributed by atoms with Gasteiger partial charge in [0.25, 0.3) is 0 Å². The standard InChI is InChI=1S/C12H21N3O3/c1-3-13-12(18)14-11(17)9(2)15-6-4-10(8-16)5-7-15/h8-10H,3-7H2,1-2H3,(H2,13,14,17,18). The number of amides is 3. The molecule has 102 valence electrons. The Hall–Kier alpha value is -1.43. The van der Waals surface area contributed by atoms with E-state index in [1.165, 1.54) is 0 Å². The van der Waals surface area contributed by atoms with Crippen molar-refractivity contribution < 1.29 is 14.4 Å². The van der Waals surface area contributed by atoms with Crippen LogP contribution < -0.4 is 10.6 Å². The number of urea groups is 1. The highest BCUT2D eigenvalue weighted by Gasteiger charge is 2.26. The first-order chi connectivity index (χ1) is 8.58. The van der Waals surface area contributed by atoms with E-state index in [2.05, 4.69) is 10.6 Å².